The van der Waals surface area contributed by atoms with E-state index in [4.69, 9.17) is 5.11 Å². The van der Waals surface area contributed by atoms with E-state index >= 15 is 0 Å². The van der Waals surface area contributed by atoms with Gasteiger partial charge < -0.3 is 10.0 Å². The molecule has 6 heteroatoms. The number of benzene rings is 2. The first-order valence-electron chi connectivity index (χ1n) is 10.9. The Hall–Kier alpha value is -3.25. The molecule has 1 N–H and O–H groups in total. The number of carbonyl (C=O) groups excluding carboxylic acids is 1. The monoisotopic (exact) mass is 446 g/mol. The highest BCUT2D eigenvalue weighted by Crippen LogP contribution is 2.30. The van der Waals surface area contributed by atoms with Gasteiger partial charge in [0.25, 0.3) is 0 Å². The molecule has 1 saturated carbocycles. The van der Waals surface area contributed by atoms with Gasteiger partial charge >= 0.3 is 5.97 Å². The van der Waals surface area contributed by atoms with Crippen molar-refractivity contribution in [3.63, 3.8) is 0 Å². The number of aromatic nitrogens is 1. The van der Waals surface area contributed by atoms with Gasteiger partial charge in [0.05, 0.1) is 17.7 Å². The summed E-state index contributed by atoms with van der Waals surface area (Å²) in [6, 6.07) is 15.7. The lowest BCUT2D eigenvalue weighted by Crippen LogP contribution is -2.36. The van der Waals surface area contributed by atoms with Gasteiger partial charge in [0.15, 0.2) is 0 Å². The molecular formula is C26H26N2O3S. The fraction of sp³-hybridized carbons (Fsp3) is 0.269. The number of aliphatic carboxylic acids is 1. The lowest BCUT2D eigenvalue weighted by molar-refractivity contribution is -0.131. The van der Waals surface area contributed by atoms with E-state index in [0.717, 1.165) is 59.8 Å². The van der Waals surface area contributed by atoms with E-state index in [2.05, 4.69) is 4.98 Å². The molecule has 1 amide bonds. The summed E-state index contributed by atoms with van der Waals surface area (Å²) < 4.78 is 0. The molecule has 0 aliphatic heterocycles. The highest BCUT2D eigenvalue weighted by Gasteiger charge is 2.27. The van der Waals surface area contributed by atoms with E-state index < -0.39 is 5.97 Å². The Bertz CT molecular complexity index is 1080. The molecular weight excluding hydrogens is 420 g/mol. The number of carboxylic acids is 1. The maximum Gasteiger partial charge on any atom is 0.328 e. The van der Waals surface area contributed by atoms with Crippen LogP contribution < -0.4 is 4.90 Å². The van der Waals surface area contributed by atoms with E-state index in [-0.39, 0.29) is 11.8 Å². The van der Waals surface area contributed by atoms with Crippen LogP contribution in [0, 0.1) is 5.92 Å². The number of rotatable bonds is 7. The lowest BCUT2D eigenvalue weighted by atomic mass is 9.88. The largest absolute Gasteiger partial charge is 0.478 e. The van der Waals surface area contributed by atoms with E-state index in [9.17, 15) is 9.59 Å². The van der Waals surface area contributed by atoms with Gasteiger partial charge in [0.1, 0.15) is 0 Å². The van der Waals surface area contributed by atoms with Crippen molar-refractivity contribution in [2.45, 2.75) is 38.6 Å². The zero-order valence-electron chi connectivity index (χ0n) is 17.8. The number of hydrogen-bond donors (Lipinski definition) is 1. The summed E-state index contributed by atoms with van der Waals surface area (Å²) in [4.78, 5) is 30.7. The zero-order valence-corrected chi connectivity index (χ0v) is 18.6. The lowest BCUT2D eigenvalue weighted by Gasteiger charge is -2.30. The van der Waals surface area contributed by atoms with Crippen LogP contribution in [-0.4, -0.2) is 22.0 Å². The van der Waals surface area contributed by atoms with Gasteiger partial charge in [-0.2, -0.15) is 0 Å². The second-order valence-corrected chi connectivity index (χ2v) is 8.82. The molecule has 4 rings (SSSR count). The summed E-state index contributed by atoms with van der Waals surface area (Å²) in [6.07, 6.45) is 7.90. The van der Waals surface area contributed by atoms with Crippen LogP contribution >= 0.6 is 11.3 Å². The van der Waals surface area contributed by atoms with Gasteiger partial charge in [-0.1, -0.05) is 55.7 Å². The highest BCUT2D eigenvalue weighted by molar-refractivity contribution is 7.07. The number of amides is 1. The third kappa shape index (κ3) is 5.51. The van der Waals surface area contributed by atoms with Crippen molar-refractivity contribution in [1.29, 1.82) is 0 Å². The van der Waals surface area contributed by atoms with Crippen molar-refractivity contribution in [3.05, 3.63) is 76.6 Å². The number of nitrogens with zero attached hydrogens (tertiary/aromatic N) is 2. The first-order valence-corrected chi connectivity index (χ1v) is 11.8. The minimum absolute atomic E-state index is 0.0382. The van der Waals surface area contributed by atoms with Crippen LogP contribution in [0.1, 0.15) is 43.2 Å². The molecule has 3 aromatic rings. The second kappa shape index (κ2) is 10.4. The van der Waals surface area contributed by atoms with Gasteiger partial charge in [-0.05, 0) is 42.2 Å². The van der Waals surface area contributed by atoms with E-state index in [1.54, 1.807) is 17.4 Å². The minimum atomic E-state index is -0.995. The average molecular weight is 447 g/mol. The van der Waals surface area contributed by atoms with Crippen LogP contribution in [0.5, 0.6) is 0 Å². The van der Waals surface area contributed by atoms with Crippen LogP contribution in [0.2, 0.25) is 0 Å². The number of carboxylic acid groups (broad SMARTS) is 1. The highest BCUT2D eigenvalue weighted by atomic mass is 32.1. The molecule has 0 bridgehead atoms. The maximum atomic E-state index is 13.5. The van der Waals surface area contributed by atoms with Gasteiger partial charge in [-0.25, -0.2) is 9.78 Å². The topological polar surface area (TPSA) is 70.5 Å². The SMILES string of the molecule is O=C(O)C=Cc1cccc(N(Cc2ccc(-c3cscn3)cc2)C(=O)C2CCCCC2)c1. The van der Waals surface area contributed by atoms with Gasteiger partial charge in [-0.15, -0.1) is 11.3 Å². The predicted octanol–water partition coefficient (Wildman–Crippen LogP) is 6.02. The Morgan fingerprint density at radius 2 is 1.88 bits per heavy atom. The van der Waals surface area contributed by atoms with Crippen molar-refractivity contribution >= 4 is 35.0 Å². The Morgan fingerprint density at radius 3 is 2.56 bits per heavy atom. The number of hydrogen-bond acceptors (Lipinski definition) is 4. The van der Waals surface area contributed by atoms with Crippen LogP contribution in [0.25, 0.3) is 17.3 Å². The third-order valence-electron chi connectivity index (χ3n) is 5.84. The molecule has 0 radical (unpaired) electrons. The second-order valence-electron chi connectivity index (χ2n) is 8.10. The smallest absolute Gasteiger partial charge is 0.328 e. The summed E-state index contributed by atoms with van der Waals surface area (Å²) in [7, 11) is 0. The standard InChI is InChI=1S/C26H26N2O3S/c29-25(30)14-11-19-5-4-8-23(15-19)28(26(31)22-6-2-1-3-7-22)16-20-9-12-21(13-10-20)24-17-32-18-27-24/h4-5,8-15,17-18,22H,1-3,6-7,16H2,(H,29,30). The molecule has 5 nitrogen and oxygen atoms in total. The molecule has 2 aromatic carbocycles. The van der Waals surface area contributed by atoms with Gasteiger partial charge in [-0.3, -0.25) is 4.79 Å². The van der Waals surface area contributed by atoms with Gasteiger partial charge in [0.2, 0.25) is 5.91 Å². The molecule has 1 fully saturated rings. The van der Waals surface area contributed by atoms with Crippen LogP contribution in [0.3, 0.4) is 0 Å². The fourth-order valence-electron chi connectivity index (χ4n) is 4.15. The predicted molar refractivity (Wildman–Crippen MR) is 128 cm³/mol. The maximum absolute atomic E-state index is 13.5. The number of carbonyl (C=O) groups is 2. The Labute approximate surface area is 192 Å². The van der Waals surface area contributed by atoms with Crippen LogP contribution in [-0.2, 0) is 16.1 Å². The molecule has 164 valence electrons. The average Bonchev–Trinajstić information content (AvgIpc) is 3.37. The van der Waals surface area contributed by atoms with Crippen molar-refractivity contribution < 1.29 is 14.7 Å². The molecule has 0 spiro atoms. The molecule has 1 aromatic heterocycles. The van der Waals surface area contributed by atoms with E-state index in [0.29, 0.717) is 6.54 Å². The zero-order chi connectivity index (χ0) is 22.3. The van der Waals surface area contributed by atoms with Crippen molar-refractivity contribution in [3.8, 4) is 11.3 Å². The number of thiazole rings is 1. The summed E-state index contributed by atoms with van der Waals surface area (Å²) in [5.74, 6) is -0.811. The minimum Gasteiger partial charge on any atom is -0.478 e. The van der Waals surface area contributed by atoms with Crippen LogP contribution in [0.15, 0.2) is 65.5 Å². The van der Waals surface area contributed by atoms with E-state index in [1.165, 1.54) is 6.42 Å². The summed E-state index contributed by atoms with van der Waals surface area (Å²) in [6.45, 7) is 0.471. The molecule has 32 heavy (non-hydrogen) atoms. The summed E-state index contributed by atoms with van der Waals surface area (Å²) >= 11 is 1.57. The first kappa shape index (κ1) is 22.0. The molecule has 0 unspecified atom stereocenters. The fourth-order valence-corrected chi connectivity index (χ4v) is 4.71. The summed E-state index contributed by atoms with van der Waals surface area (Å²) in [5, 5.41) is 11.0. The van der Waals surface area contributed by atoms with Crippen LogP contribution in [0.4, 0.5) is 5.69 Å². The van der Waals surface area contributed by atoms with Gasteiger partial charge in [0, 0.05) is 28.6 Å². The molecule has 1 heterocycles. The van der Waals surface area contributed by atoms with E-state index in [1.807, 2.05) is 64.3 Å². The molecule has 0 atom stereocenters. The molecule has 1 aliphatic carbocycles. The Kier molecular flexibility index (Phi) is 7.12. The first-order chi connectivity index (χ1) is 15.6. The Balaban J connectivity index is 1.61. The van der Waals surface area contributed by atoms with Crippen molar-refractivity contribution in [1.82, 2.24) is 4.98 Å². The van der Waals surface area contributed by atoms with Crippen molar-refractivity contribution in [2.24, 2.45) is 5.92 Å². The molecule has 1 aliphatic rings. The number of anilines is 1. The Morgan fingerprint density at radius 1 is 1.09 bits per heavy atom. The normalized spacial score (nSPS) is 14.5. The van der Waals surface area contributed by atoms with Crippen molar-refractivity contribution in [2.75, 3.05) is 4.90 Å². The quantitative estimate of drug-likeness (QED) is 0.451. The summed E-state index contributed by atoms with van der Waals surface area (Å²) in [5.41, 5.74) is 6.41. The molecule has 0 saturated heterocycles. The third-order valence-corrected chi connectivity index (χ3v) is 6.43.